The summed E-state index contributed by atoms with van der Waals surface area (Å²) in [5, 5.41) is 0. The summed E-state index contributed by atoms with van der Waals surface area (Å²) in [4.78, 5) is 12.2. The Bertz CT molecular complexity index is 648. The van der Waals surface area contributed by atoms with Gasteiger partial charge in [0.05, 0.1) is 0 Å². The molecule has 0 bridgehead atoms. The quantitative estimate of drug-likeness (QED) is 0.860. The molecule has 2 fully saturated rings. The SMILES string of the molecule is CCN1CCC(Cc2nc3cccnc3n2C2CCCC2)CC1. The van der Waals surface area contributed by atoms with Crippen LogP contribution >= 0.6 is 0 Å². The van der Waals surface area contributed by atoms with Gasteiger partial charge < -0.3 is 9.47 Å². The van der Waals surface area contributed by atoms with E-state index in [4.69, 9.17) is 4.98 Å². The van der Waals surface area contributed by atoms with Crippen molar-refractivity contribution in [3.05, 3.63) is 24.2 Å². The molecule has 4 heteroatoms. The predicted molar refractivity (Wildman–Crippen MR) is 93.6 cm³/mol. The lowest BCUT2D eigenvalue weighted by Crippen LogP contribution is -2.34. The van der Waals surface area contributed by atoms with Crippen LogP contribution in [-0.4, -0.2) is 39.1 Å². The molecule has 124 valence electrons. The highest BCUT2D eigenvalue weighted by atomic mass is 15.2. The van der Waals surface area contributed by atoms with Crippen LogP contribution in [0.1, 0.15) is 57.3 Å². The first kappa shape index (κ1) is 15.1. The van der Waals surface area contributed by atoms with Gasteiger partial charge >= 0.3 is 0 Å². The first-order valence-corrected chi connectivity index (χ1v) is 9.39. The number of fused-ring (bicyclic) bond motifs is 1. The highest BCUT2D eigenvalue weighted by molar-refractivity contribution is 5.71. The van der Waals surface area contributed by atoms with Gasteiger partial charge in [0.2, 0.25) is 0 Å². The third-order valence-electron chi connectivity index (χ3n) is 5.84. The second kappa shape index (κ2) is 6.60. The van der Waals surface area contributed by atoms with Crippen LogP contribution in [-0.2, 0) is 6.42 Å². The number of aromatic nitrogens is 3. The Labute approximate surface area is 138 Å². The van der Waals surface area contributed by atoms with Crippen LogP contribution in [0.25, 0.3) is 11.2 Å². The average Bonchev–Trinajstić information content (AvgIpc) is 3.22. The zero-order valence-electron chi connectivity index (χ0n) is 14.2. The van der Waals surface area contributed by atoms with Gasteiger partial charge in [0, 0.05) is 18.7 Å². The van der Waals surface area contributed by atoms with Gasteiger partial charge in [-0.3, -0.25) is 0 Å². The number of rotatable bonds is 4. The van der Waals surface area contributed by atoms with E-state index in [1.807, 2.05) is 12.3 Å². The van der Waals surface area contributed by atoms with E-state index in [0.717, 1.165) is 23.5 Å². The molecular weight excluding hydrogens is 284 g/mol. The summed E-state index contributed by atoms with van der Waals surface area (Å²) >= 11 is 0. The Kier molecular flexibility index (Phi) is 4.34. The van der Waals surface area contributed by atoms with E-state index in [1.54, 1.807) is 0 Å². The number of pyridine rings is 1. The van der Waals surface area contributed by atoms with Crippen molar-refractivity contribution in [3.8, 4) is 0 Å². The van der Waals surface area contributed by atoms with Gasteiger partial charge in [0.15, 0.2) is 5.65 Å². The summed E-state index contributed by atoms with van der Waals surface area (Å²) in [6.07, 6.45) is 11.0. The Morgan fingerprint density at radius 1 is 1.13 bits per heavy atom. The van der Waals surface area contributed by atoms with Crippen LogP contribution in [0, 0.1) is 5.92 Å². The fourth-order valence-corrected chi connectivity index (χ4v) is 4.43. The fourth-order valence-electron chi connectivity index (χ4n) is 4.43. The molecule has 0 aromatic carbocycles. The maximum Gasteiger partial charge on any atom is 0.160 e. The van der Waals surface area contributed by atoms with Crippen LogP contribution in [0.3, 0.4) is 0 Å². The van der Waals surface area contributed by atoms with Crippen molar-refractivity contribution in [1.82, 2.24) is 19.4 Å². The van der Waals surface area contributed by atoms with Crippen molar-refractivity contribution in [2.45, 2.75) is 57.9 Å². The second-order valence-electron chi connectivity index (χ2n) is 7.26. The summed E-state index contributed by atoms with van der Waals surface area (Å²) in [5.41, 5.74) is 2.20. The molecule has 2 aliphatic rings. The molecule has 1 saturated carbocycles. The highest BCUT2D eigenvalue weighted by Gasteiger charge is 2.26. The normalized spacial score (nSPS) is 21.4. The van der Waals surface area contributed by atoms with Crippen molar-refractivity contribution in [2.75, 3.05) is 19.6 Å². The number of hydrogen-bond donors (Lipinski definition) is 0. The van der Waals surface area contributed by atoms with Crippen molar-refractivity contribution in [1.29, 1.82) is 0 Å². The second-order valence-corrected chi connectivity index (χ2v) is 7.26. The molecule has 0 amide bonds. The minimum Gasteiger partial charge on any atom is -0.310 e. The molecule has 2 aromatic heterocycles. The van der Waals surface area contributed by atoms with Gasteiger partial charge in [0.1, 0.15) is 11.3 Å². The molecule has 23 heavy (non-hydrogen) atoms. The number of imidazole rings is 1. The van der Waals surface area contributed by atoms with Crippen molar-refractivity contribution >= 4 is 11.2 Å². The summed E-state index contributed by atoms with van der Waals surface area (Å²) in [7, 11) is 0. The van der Waals surface area contributed by atoms with Crippen molar-refractivity contribution < 1.29 is 0 Å². The summed E-state index contributed by atoms with van der Waals surface area (Å²) < 4.78 is 2.49. The first-order valence-electron chi connectivity index (χ1n) is 9.39. The predicted octanol–water partition coefficient (Wildman–Crippen LogP) is 3.82. The molecule has 0 radical (unpaired) electrons. The number of nitrogens with zero attached hydrogens (tertiary/aromatic N) is 4. The van der Waals surface area contributed by atoms with Crippen LogP contribution < -0.4 is 0 Å². The summed E-state index contributed by atoms with van der Waals surface area (Å²) in [6.45, 7) is 5.97. The molecule has 0 unspecified atom stereocenters. The Hall–Kier alpha value is -1.42. The van der Waals surface area contributed by atoms with Gasteiger partial charge in [-0.2, -0.15) is 0 Å². The molecule has 0 atom stereocenters. The minimum absolute atomic E-state index is 0.626. The van der Waals surface area contributed by atoms with Gasteiger partial charge in [-0.05, 0) is 63.4 Å². The molecule has 3 heterocycles. The average molecular weight is 312 g/mol. The summed E-state index contributed by atoms with van der Waals surface area (Å²) in [6, 6.07) is 4.76. The fraction of sp³-hybridized carbons (Fsp3) is 0.684. The molecular formula is C19H28N4. The Morgan fingerprint density at radius 2 is 1.91 bits per heavy atom. The summed E-state index contributed by atoms with van der Waals surface area (Å²) in [5.74, 6) is 2.08. The lowest BCUT2D eigenvalue weighted by molar-refractivity contribution is 0.190. The Balaban J connectivity index is 1.60. The monoisotopic (exact) mass is 312 g/mol. The van der Waals surface area contributed by atoms with E-state index >= 15 is 0 Å². The van der Waals surface area contributed by atoms with Crippen molar-refractivity contribution in [2.24, 2.45) is 5.92 Å². The van der Waals surface area contributed by atoms with Crippen LogP contribution in [0.5, 0.6) is 0 Å². The van der Waals surface area contributed by atoms with E-state index in [0.29, 0.717) is 6.04 Å². The molecule has 2 aromatic rings. The van der Waals surface area contributed by atoms with E-state index in [1.165, 1.54) is 64.0 Å². The number of hydrogen-bond acceptors (Lipinski definition) is 3. The number of piperidine rings is 1. The maximum absolute atomic E-state index is 4.98. The number of likely N-dealkylation sites (tertiary alicyclic amines) is 1. The first-order chi connectivity index (χ1) is 11.3. The molecule has 1 aliphatic carbocycles. The largest absolute Gasteiger partial charge is 0.310 e. The van der Waals surface area contributed by atoms with E-state index < -0.39 is 0 Å². The van der Waals surface area contributed by atoms with E-state index in [9.17, 15) is 0 Å². The standard InChI is InChI=1S/C19H28N4/c1-2-22-12-9-15(10-13-22)14-18-21-17-8-5-11-20-19(17)23(18)16-6-3-4-7-16/h5,8,11,15-16H,2-4,6-7,9-10,12-14H2,1H3. The van der Waals surface area contributed by atoms with E-state index in [2.05, 4.69) is 27.4 Å². The van der Waals surface area contributed by atoms with Gasteiger partial charge in [-0.1, -0.05) is 19.8 Å². The van der Waals surface area contributed by atoms with Gasteiger partial charge in [-0.25, -0.2) is 9.97 Å². The van der Waals surface area contributed by atoms with Gasteiger partial charge in [0.25, 0.3) is 0 Å². The molecule has 1 saturated heterocycles. The smallest absolute Gasteiger partial charge is 0.160 e. The lowest BCUT2D eigenvalue weighted by atomic mass is 9.93. The topological polar surface area (TPSA) is 34.0 Å². The Morgan fingerprint density at radius 3 is 2.65 bits per heavy atom. The van der Waals surface area contributed by atoms with Crippen molar-refractivity contribution in [3.63, 3.8) is 0 Å². The molecule has 1 aliphatic heterocycles. The van der Waals surface area contributed by atoms with Crippen LogP contribution in [0.4, 0.5) is 0 Å². The van der Waals surface area contributed by atoms with Gasteiger partial charge in [-0.15, -0.1) is 0 Å². The van der Waals surface area contributed by atoms with E-state index in [-0.39, 0.29) is 0 Å². The lowest BCUT2D eigenvalue weighted by Gasteiger charge is -2.31. The van der Waals surface area contributed by atoms with Crippen LogP contribution in [0.15, 0.2) is 18.3 Å². The highest BCUT2D eigenvalue weighted by Crippen LogP contribution is 2.34. The molecule has 4 nitrogen and oxygen atoms in total. The maximum atomic E-state index is 4.98. The third-order valence-corrected chi connectivity index (χ3v) is 5.84. The molecule has 4 rings (SSSR count). The molecule has 0 spiro atoms. The van der Waals surface area contributed by atoms with Crippen LogP contribution in [0.2, 0.25) is 0 Å². The zero-order chi connectivity index (χ0) is 15.6. The minimum atomic E-state index is 0.626. The zero-order valence-corrected chi connectivity index (χ0v) is 14.2. The molecule has 0 N–H and O–H groups in total. The third kappa shape index (κ3) is 3.01.